The van der Waals surface area contributed by atoms with Crippen molar-refractivity contribution in [3.63, 3.8) is 0 Å². The second-order valence-corrected chi connectivity index (χ2v) is 8.39. The molecule has 0 saturated carbocycles. The molecule has 0 unspecified atom stereocenters. The van der Waals surface area contributed by atoms with E-state index in [1.807, 2.05) is 0 Å². The summed E-state index contributed by atoms with van der Waals surface area (Å²) < 4.78 is 0.844. The number of rotatable bonds is 7. The first-order valence-electron chi connectivity index (χ1n) is 10.1. The normalized spacial score (nSPS) is 14.1. The van der Waals surface area contributed by atoms with Crippen molar-refractivity contribution in [3.05, 3.63) is 75.9 Å². The van der Waals surface area contributed by atoms with E-state index in [0.717, 1.165) is 22.5 Å². The third-order valence-corrected chi connectivity index (χ3v) is 5.72. The lowest BCUT2D eigenvalue weighted by molar-refractivity contribution is 0.331. The lowest BCUT2D eigenvalue weighted by atomic mass is 10.1. The molecule has 0 bridgehead atoms. The van der Waals surface area contributed by atoms with Crippen LogP contribution in [0.4, 0.5) is 17.5 Å². The van der Waals surface area contributed by atoms with Gasteiger partial charge in [-0.05, 0) is 72.0 Å². The van der Waals surface area contributed by atoms with Gasteiger partial charge in [0.15, 0.2) is 0 Å². The van der Waals surface area contributed by atoms with Crippen molar-refractivity contribution in [3.8, 4) is 0 Å². The molecule has 5 nitrogen and oxygen atoms in total. The van der Waals surface area contributed by atoms with Crippen molar-refractivity contribution in [1.29, 1.82) is 0 Å². The zero-order valence-electron chi connectivity index (χ0n) is 16.7. The molecule has 1 fully saturated rings. The number of benzene rings is 2. The van der Waals surface area contributed by atoms with Crippen molar-refractivity contribution >= 4 is 33.4 Å². The minimum Gasteiger partial charge on any atom is -0.365 e. The molecule has 150 valence electrons. The Morgan fingerprint density at radius 3 is 2.38 bits per heavy atom. The molecule has 1 aromatic heterocycles. The van der Waals surface area contributed by atoms with Gasteiger partial charge in [0, 0.05) is 25.0 Å². The molecule has 0 atom stereocenters. The standard InChI is InChI=1S/C23H26BrN5/c1-17-4-6-18(7-5-17)14-25-22-21(24)15-26-23(28-22)27-20-10-8-19(9-11-20)16-29-12-2-3-13-29/h4-11,15H,2-3,12-14,16H2,1H3,(H2,25,26,27,28). The number of hydrogen-bond donors (Lipinski definition) is 2. The van der Waals surface area contributed by atoms with Gasteiger partial charge in [0.1, 0.15) is 5.82 Å². The number of hydrogen-bond acceptors (Lipinski definition) is 5. The van der Waals surface area contributed by atoms with E-state index in [1.165, 1.54) is 42.6 Å². The van der Waals surface area contributed by atoms with E-state index in [9.17, 15) is 0 Å². The van der Waals surface area contributed by atoms with Gasteiger partial charge < -0.3 is 10.6 Å². The Hall–Kier alpha value is -2.44. The van der Waals surface area contributed by atoms with Crippen LogP contribution in [0.15, 0.2) is 59.2 Å². The first kappa shape index (κ1) is 19.9. The van der Waals surface area contributed by atoms with Crippen LogP contribution in [0.3, 0.4) is 0 Å². The van der Waals surface area contributed by atoms with E-state index in [4.69, 9.17) is 0 Å². The number of nitrogens with one attached hydrogen (secondary N) is 2. The minimum atomic E-state index is 0.576. The highest BCUT2D eigenvalue weighted by atomic mass is 79.9. The van der Waals surface area contributed by atoms with Gasteiger partial charge in [-0.3, -0.25) is 4.90 Å². The quantitative estimate of drug-likeness (QED) is 0.496. The second kappa shape index (κ2) is 9.37. The molecular weight excluding hydrogens is 426 g/mol. The van der Waals surface area contributed by atoms with Crippen LogP contribution in [-0.2, 0) is 13.1 Å². The molecule has 0 radical (unpaired) electrons. The summed E-state index contributed by atoms with van der Waals surface area (Å²) in [5.74, 6) is 1.35. The van der Waals surface area contributed by atoms with Gasteiger partial charge in [-0.15, -0.1) is 0 Å². The molecule has 29 heavy (non-hydrogen) atoms. The zero-order valence-corrected chi connectivity index (χ0v) is 18.2. The van der Waals surface area contributed by atoms with E-state index >= 15 is 0 Å². The molecule has 0 spiro atoms. The molecule has 1 saturated heterocycles. The molecular formula is C23H26BrN5. The van der Waals surface area contributed by atoms with Gasteiger partial charge in [-0.25, -0.2) is 4.98 Å². The van der Waals surface area contributed by atoms with Crippen LogP contribution < -0.4 is 10.6 Å². The summed E-state index contributed by atoms with van der Waals surface area (Å²) in [5.41, 5.74) is 4.80. The van der Waals surface area contributed by atoms with Gasteiger partial charge in [0.2, 0.25) is 5.95 Å². The van der Waals surface area contributed by atoms with Crippen LogP contribution in [0.2, 0.25) is 0 Å². The van der Waals surface area contributed by atoms with Crippen molar-refractivity contribution in [2.75, 3.05) is 23.7 Å². The van der Waals surface area contributed by atoms with Crippen LogP contribution in [0, 0.1) is 6.92 Å². The number of aryl methyl sites for hydroxylation is 1. The summed E-state index contributed by atoms with van der Waals surface area (Å²) in [6.07, 6.45) is 4.41. The maximum absolute atomic E-state index is 4.62. The Morgan fingerprint density at radius 2 is 1.66 bits per heavy atom. The number of anilines is 3. The van der Waals surface area contributed by atoms with Gasteiger partial charge in [-0.1, -0.05) is 42.0 Å². The molecule has 0 aliphatic carbocycles. The van der Waals surface area contributed by atoms with Gasteiger partial charge in [-0.2, -0.15) is 4.98 Å². The Kier molecular flexibility index (Phi) is 6.42. The molecule has 4 rings (SSSR count). The molecule has 1 aliphatic heterocycles. The number of aromatic nitrogens is 2. The van der Waals surface area contributed by atoms with Gasteiger partial charge >= 0.3 is 0 Å². The van der Waals surface area contributed by atoms with Crippen LogP contribution in [0.5, 0.6) is 0 Å². The van der Waals surface area contributed by atoms with E-state index < -0.39 is 0 Å². The number of likely N-dealkylation sites (tertiary alicyclic amines) is 1. The maximum atomic E-state index is 4.62. The average Bonchev–Trinajstić information content (AvgIpc) is 3.24. The molecule has 0 amide bonds. The van der Waals surface area contributed by atoms with Crippen LogP contribution in [0.1, 0.15) is 29.5 Å². The highest BCUT2D eigenvalue weighted by Gasteiger charge is 2.11. The van der Waals surface area contributed by atoms with Crippen molar-refractivity contribution in [2.24, 2.45) is 0 Å². The first-order chi connectivity index (χ1) is 14.2. The third kappa shape index (κ3) is 5.55. The lowest BCUT2D eigenvalue weighted by Crippen LogP contribution is -2.18. The fourth-order valence-corrected chi connectivity index (χ4v) is 3.80. The zero-order chi connectivity index (χ0) is 20.1. The predicted molar refractivity (Wildman–Crippen MR) is 122 cm³/mol. The molecule has 2 aromatic carbocycles. The van der Waals surface area contributed by atoms with Gasteiger partial charge in [0.25, 0.3) is 0 Å². The van der Waals surface area contributed by atoms with E-state index in [-0.39, 0.29) is 0 Å². The monoisotopic (exact) mass is 451 g/mol. The van der Waals surface area contributed by atoms with Gasteiger partial charge in [0.05, 0.1) is 4.47 Å². The summed E-state index contributed by atoms with van der Waals surface area (Å²) in [6.45, 7) is 6.26. The van der Waals surface area contributed by atoms with Crippen LogP contribution >= 0.6 is 15.9 Å². The highest BCUT2D eigenvalue weighted by molar-refractivity contribution is 9.10. The van der Waals surface area contributed by atoms with Crippen LogP contribution in [-0.4, -0.2) is 28.0 Å². The Morgan fingerprint density at radius 1 is 0.966 bits per heavy atom. The number of nitrogens with zero attached hydrogens (tertiary/aromatic N) is 3. The lowest BCUT2D eigenvalue weighted by Gasteiger charge is -2.15. The maximum Gasteiger partial charge on any atom is 0.229 e. The fraction of sp³-hybridized carbons (Fsp3) is 0.304. The Bertz CT molecular complexity index is 934. The first-order valence-corrected chi connectivity index (χ1v) is 10.9. The van der Waals surface area contributed by atoms with Crippen LogP contribution in [0.25, 0.3) is 0 Å². The van der Waals surface area contributed by atoms with Crippen molar-refractivity contribution in [2.45, 2.75) is 32.9 Å². The fourth-order valence-electron chi connectivity index (χ4n) is 3.46. The molecule has 2 N–H and O–H groups in total. The smallest absolute Gasteiger partial charge is 0.229 e. The molecule has 2 heterocycles. The van der Waals surface area contributed by atoms with E-state index in [0.29, 0.717) is 12.5 Å². The summed E-state index contributed by atoms with van der Waals surface area (Å²) in [6, 6.07) is 17.0. The average molecular weight is 452 g/mol. The largest absolute Gasteiger partial charge is 0.365 e. The minimum absolute atomic E-state index is 0.576. The highest BCUT2D eigenvalue weighted by Crippen LogP contribution is 2.23. The third-order valence-electron chi connectivity index (χ3n) is 5.14. The summed E-state index contributed by atoms with van der Waals surface area (Å²) in [5, 5.41) is 6.68. The summed E-state index contributed by atoms with van der Waals surface area (Å²) >= 11 is 3.53. The van der Waals surface area contributed by atoms with Crippen molar-refractivity contribution in [1.82, 2.24) is 14.9 Å². The topological polar surface area (TPSA) is 53.1 Å². The molecule has 6 heteroatoms. The van der Waals surface area contributed by atoms with Crippen molar-refractivity contribution < 1.29 is 0 Å². The Balaban J connectivity index is 1.38. The predicted octanol–water partition coefficient (Wildman–Crippen LogP) is 5.50. The molecule has 3 aromatic rings. The van der Waals surface area contributed by atoms with E-state index in [1.54, 1.807) is 6.20 Å². The second-order valence-electron chi connectivity index (χ2n) is 7.53. The number of halogens is 1. The molecule has 1 aliphatic rings. The van der Waals surface area contributed by atoms with E-state index in [2.05, 4.69) is 96.9 Å². The Labute approximate surface area is 180 Å². The summed E-state index contributed by atoms with van der Waals surface area (Å²) in [4.78, 5) is 11.5. The SMILES string of the molecule is Cc1ccc(CNc2nc(Nc3ccc(CN4CCCC4)cc3)ncc2Br)cc1. The summed E-state index contributed by atoms with van der Waals surface area (Å²) in [7, 11) is 0.